The van der Waals surface area contributed by atoms with E-state index in [0.717, 1.165) is 6.26 Å². The van der Waals surface area contributed by atoms with Gasteiger partial charge in [0.2, 0.25) is 17.6 Å². The second-order valence-electron chi connectivity index (χ2n) is 9.95. The SMILES string of the molecule is CCC([C@H](O)c1nc(-c2ccccc2)no1)N(C(=O)CCC(=O)N1CCOCC1)[C@@H](CC(C)C)S(C)(=O)=O. The Labute approximate surface area is 224 Å². The van der Waals surface area contributed by atoms with Gasteiger partial charge in [-0.2, -0.15) is 4.98 Å². The molecule has 0 saturated carbocycles. The first-order chi connectivity index (χ1) is 18.0. The number of morpholine rings is 1. The number of hydrogen-bond donors (Lipinski definition) is 1. The van der Waals surface area contributed by atoms with E-state index in [4.69, 9.17) is 9.26 Å². The molecular weight excluding hydrogens is 512 g/mol. The van der Waals surface area contributed by atoms with Crippen molar-refractivity contribution in [1.29, 1.82) is 0 Å². The molecule has 1 unspecified atom stereocenters. The second kappa shape index (κ2) is 13.3. The first-order valence-corrected chi connectivity index (χ1v) is 14.9. The minimum atomic E-state index is -3.76. The van der Waals surface area contributed by atoms with Gasteiger partial charge in [0.15, 0.2) is 15.9 Å². The van der Waals surface area contributed by atoms with Crippen LogP contribution in [0.5, 0.6) is 0 Å². The molecule has 210 valence electrons. The van der Waals surface area contributed by atoms with Gasteiger partial charge in [-0.3, -0.25) is 9.59 Å². The topological polar surface area (TPSA) is 143 Å². The fourth-order valence-electron chi connectivity index (χ4n) is 4.57. The summed E-state index contributed by atoms with van der Waals surface area (Å²) in [6.07, 6.45) is -0.220. The Kier molecular flexibility index (Phi) is 10.4. The molecule has 11 nitrogen and oxygen atoms in total. The molecule has 0 bridgehead atoms. The summed E-state index contributed by atoms with van der Waals surface area (Å²) >= 11 is 0. The number of aromatic nitrogens is 2. The normalized spacial score (nSPS) is 16.7. The van der Waals surface area contributed by atoms with Crippen LogP contribution in [-0.2, 0) is 24.2 Å². The lowest BCUT2D eigenvalue weighted by Gasteiger charge is -2.39. The lowest BCUT2D eigenvalue weighted by Crippen LogP contribution is -2.53. The van der Waals surface area contributed by atoms with Crippen molar-refractivity contribution in [3.8, 4) is 11.4 Å². The molecule has 2 amide bonds. The van der Waals surface area contributed by atoms with Crippen molar-refractivity contribution >= 4 is 21.7 Å². The Hall–Kier alpha value is -2.83. The second-order valence-corrected chi connectivity index (χ2v) is 12.2. The number of aliphatic hydroxyl groups excluding tert-OH is 1. The lowest BCUT2D eigenvalue weighted by atomic mass is 10.0. The predicted molar refractivity (Wildman–Crippen MR) is 140 cm³/mol. The molecule has 1 saturated heterocycles. The van der Waals surface area contributed by atoms with Crippen LogP contribution in [0, 0.1) is 5.92 Å². The number of benzene rings is 1. The molecular formula is C26H38N4O7S. The fraction of sp³-hybridized carbons (Fsp3) is 0.615. The van der Waals surface area contributed by atoms with E-state index in [1.165, 1.54) is 4.90 Å². The van der Waals surface area contributed by atoms with Gasteiger partial charge in [-0.05, 0) is 18.8 Å². The summed E-state index contributed by atoms with van der Waals surface area (Å²) in [4.78, 5) is 33.5. The van der Waals surface area contributed by atoms with Crippen molar-refractivity contribution in [3.05, 3.63) is 36.2 Å². The third-order valence-electron chi connectivity index (χ3n) is 6.55. The summed E-state index contributed by atoms with van der Waals surface area (Å²) in [6.45, 7) is 7.26. The van der Waals surface area contributed by atoms with Crippen molar-refractivity contribution in [3.63, 3.8) is 0 Å². The number of amides is 2. The average molecular weight is 551 g/mol. The minimum absolute atomic E-state index is 0.0530. The molecule has 12 heteroatoms. The zero-order valence-electron chi connectivity index (χ0n) is 22.4. The fourth-order valence-corrected chi connectivity index (χ4v) is 5.99. The van der Waals surface area contributed by atoms with Crippen LogP contribution in [0.4, 0.5) is 0 Å². The van der Waals surface area contributed by atoms with Gasteiger partial charge in [0.1, 0.15) is 5.37 Å². The van der Waals surface area contributed by atoms with Crippen molar-refractivity contribution in [2.45, 2.75) is 64.0 Å². The molecule has 38 heavy (non-hydrogen) atoms. The highest BCUT2D eigenvalue weighted by atomic mass is 32.2. The number of rotatable bonds is 12. The summed E-state index contributed by atoms with van der Waals surface area (Å²) in [5.41, 5.74) is 0.686. The smallest absolute Gasteiger partial charge is 0.257 e. The van der Waals surface area contributed by atoms with E-state index >= 15 is 0 Å². The van der Waals surface area contributed by atoms with E-state index in [1.807, 2.05) is 32.0 Å². The number of sulfone groups is 1. The van der Waals surface area contributed by atoms with Crippen LogP contribution in [0.2, 0.25) is 0 Å². The van der Waals surface area contributed by atoms with E-state index in [-0.39, 0.29) is 49.2 Å². The highest BCUT2D eigenvalue weighted by Crippen LogP contribution is 2.30. The summed E-state index contributed by atoms with van der Waals surface area (Å²) in [5, 5.41) is 14.1. The molecule has 2 heterocycles. The monoisotopic (exact) mass is 550 g/mol. The van der Waals surface area contributed by atoms with E-state index in [9.17, 15) is 23.1 Å². The predicted octanol–water partition coefficient (Wildman–Crippen LogP) is 2.43. The van der Waals surface area contributed by atoms with E-state index in [0.29, 0.717) is 31.9 Å². The molecule has 1 fully saturated rings. The first-order valence-electron chi connectivity index (χ1n) is 13.0. The molecule has 0 aliphatic carbocycles. The van der Waals surface area contributed by atoms with Crippen LogP contribution in [0.25, 0.3) is 11.4 Å². The van der Waals surface area contributed by atoms with Crippen LogP contribution in [-0.4, -0.2) is 89.3 Å². The average Bonchev–Trinajstić information content (AvgIpc) is 3.39. The minimum Gasteiger partial charge on any atom is -0.381 e. The van der Waals surface area contributed by atoms with Crippen LogP contribution >= 0.6 is 0 Å². The molecule has 0 spiro atoms. The third-order valence-corrected chi connectivity index (χ3v) is 7.96. The van der Waals surface area contributed by atoms with Crippen molar-refractivity contribution < 1.29 is 32.4 Å². The Morgan fingerprint density at radius 1 is 1.13 bits per heavy atom. The van der Waals surface area contributed by atoms with Gasteiger partial charge in [-0.15, -0.1) is 0 Å². The van der Waals surface area contributed by atoms with Crippen LogP contribution < -0.4 is 0 Å². The number of carbonyl (C=O) groups excluding carboxylic acids is 2. The summed E-state index contributed by atoms with van der Waals surface area (Å²) in [6, 6.07) is 8.10. The van der Waals surface area contributed by atoms with Crippen LogP contribution in [0.1, 0.15) is 58.4 Å². The zero-order valence-corrected chi connectivity index (χ0v) is 23.3. The van der Waals surface area contributed by atoms with Gasteiger partial charge in [0, 0.05) is 37.8 Å². The van der Waals surface area contributed by atoms with Crippen molar-refractivity contribution in [1.82, 2.24) is 19.9 Å². The number of carbonyl (C=O) groups is 2. The molecule has 1 aromatic carbocycles. The maximum absolute atomic E-state index is 13.7. The number of ether oxygens (including phenoxy) is 1. The highest BCUT2D eigenvalue weighted by molar-refractivity contribution is 7.91. The molecule has 3 rings (SSSR count). The van der Waals surface area contributed by atoms with Crippen LogP contribution in [0.3, 0.4) is 0 Å². The Morgan fingerprint density at radius 3 is 2.37 bits per heavy atom. The van der Waals surface area contributed by atoms with Gasteiger partial charge in [-0.25, -0.2) is 8.42 Å². The van der Waals surface area contributed by atoms with E-state index in [1.54, 1.807) is 24.0 Å². The molecule has 1 aromatic heterocycles. The maximum Gasteiger partial charge on any atom is 0.257 e. The zero-order chi connectivity index (χ0) is 27.9. The number of nitrogens with zero attached hydrogens (tertiary/aromatic N) is 4. The van der Waals surface area contributed by atoms with Crippen molar-refractivity contribution in [2.75, 3.05) is 32.6 Å². The first kappa shape index (κ1) is 29.7. The quantitative estimate of drug-likeness (QED) is 0.421. The Balaban J connectivity index is 1.89. The molecule has 1 aliphatic heterocycles. The summed E-state index contributed by atoms with van der Waals surface area (Å²) in [5.74, 6) is -0.626. The highest BCUT2D eigenvalue weighted by Gasteiger charge is 2.41. The number of aliphatic hydroxyl groups is 1. The van der Waals surface area contributed by atoms with Crippen molar-refractivity contribution in [2.24, 2.45) is 5.92 Å². The van der Waals surface area contributed by atoms with Gasteiger partial charge < -0.3 is 24.2 Å². The lowest BCUT2D eigenvalue weighted by molar-refractivity contribution is -0.143. The molecule has 3 atom stereocenters. The van der Waals surface area contributed by atoms with E-state index in [2.05, 4.69) is 10.1 Å². The van der Waals surface area contributed by atoms with Gasteiger partial charge >= 0.3 is 0 Å². The van der Waals surface area contributed by atoms with Crippen LogP contribution in [0.15, 0.2) is 34.9 Å². The Morgan fingerprint density at radius 2 is 1.79 bits per heavy atom. The summed E-state index contributed by atoms with van der Waals surface area (Å²) in [7, 11) is -3.76. The molecule has 1 aliphatic rings. The summed E-state index contributed by atoms with van der Waals surface area (Å²) < 4.78 is 36.5. The number of hydrogen-bond acceptors (Lipinski definition) is 9. The molecule has 1 N–H and O–H groups in total. The third kappa shape index (κ3) is 7.61. The van der Waals surface area contributed by atoms with Gasteiger partial charge in [-0.1, -0.05) is 56.3 Å². The van der Waals surface area contributed by atoms with Gasteiger partial charge in [0.05, 0.1) is 19.3 Å². The van der Waals surface area contributed by atoms with Gasteiger partial charge in [0.25, 0.3) is 5.89 Å². The molecule has 2 aromatic rings. The standard InChI is InChI=1S/C26H38N4O7S/c1-5-20(24(33)26-27-25(28-37-26)19-9-7-6-8-10-19)30(23(17-18(2)3)38(4,34)35)22(32)12-11-21(31)29-13-15-36-16-14-29/h6-10,18,20,23-24,33H,5,11-17H2,1-4H3/t20?,23-,24+/m1/s1. The largest absolute Gasteiger partial charge is 0.381 e. The maximum atomic E-state index is 13.7. The molecule has 0 radical (unpaired) electrons. The van der Waals surface area contributed by atoms with E-state index < -0.39 is 33.3 Å². The Bertz CT molecular complexity index is 1160.